The van der Waals surface area contributed by atoms with Crippen molar-refractivity contribution in [3.8, 4) is 0 Å². The van der Waals surface area contributed by atoms with Crippen LogP contribution in [-0.4, -0.2) is 17.3 Å². The fourth-order valence-corrected chi connectivity index (χ4v) is 1.42. The molecule has 0 amide bonds. The highest BCUT2D eigenvalue weighted by Crippen LogP contribution is 2.10. The number of aromatic carboxylic acids is 1. The predicted octanol–water partition coefficient (Wildman–Crippen LogP) is 2.73. The van der Waals surface area contributed by atoms with Gasteiger partial charge in [0.2, 0.25) is 0 Å². The number of carbonyl (C=O) groups is 1. The number of furan rings is 1. The number of nitrogens with one attached hydrogen (secondary N) is 1. The molecule has 5 nitrogen and oxygen atoms in total. The summed E-state index contributed by atoms with van der Waals surface area (Å²) in [5, 5.41) is 12.8. The zero-order valence-electron chi connectivity index (χ0n) is 9.75. The van der Waals surface area contributed by atoms with Crippen molar-refractivity contribution < 1.29 is 14.3 Å². The molecule has 1 aromatic carbocycles. The molecule has 0 bridgehead atoms. The molecule has 0 saturated carbocycles. The Labute approximate surface area is 104 Å². The van der Waals surface area contributed by atoms with Gasteiger partial charge in [0.1, 0.15) is 11.5 Å². The third kappa shape index (κ3) is 2.98. The quantitative estimate of drug-likeness (QED) is 0.640. The second kappa shape index (κ2) is 5.18. The van der Waals surface area contributed by atoms with Crippen molar-refractivity contribution in [1.29, 1.82) is 0 Å². The number of aryl methyl sites for hydroxylation is 1. The lowest BCUT2D eigenvalue weighted by molar-refractivity contribution is 0.0697. The summed E-state index contributed by atoms with van der Waals surface area (Å²) in [7, 11) is 0. The summed E-state index contributed by atoms with van der Waals surface area (Å²) < 4.78 is 5.30. The number of benzene rings is 1. The minimum absolute atomic E-state index is 0.212. The molecule has 92 valence electrons. The van der Waals surface area contributed by atoms with Gasteiger partial charge in [-0.05, 0) is 37.3 Å². The van der Waals surface area contributed by atoms with E-state index in [0.29, 0.717) is 11.4 Å². The van der Waals surface area contributed by atoms with E-state index < -0.39 is 5.97 Å². The van der Waals surface area contributed by atoms with Gasteiger partial charge < -0.3 is 9.52 Å². The summed E-state index contributed by atoms with van der Waals surface area (Å²) in [6.07, 6.45) is 1.53. The van der Waals surface area contributed by atoms with Crippen molar-refractivity contribution >= 4 is 17.9 Å². The number of hydrogen-bond donors (Lipinski definition) is 2. The van der Waals surface area contributed by atoms with Crippen LogP contribution in [0.5, 0.6) is 0 Å². The van der Waals surface area contributed by atoms with Crippen LogP contribution in [0, 0.1) is 6.92 Å². The fourth-order valence-electron chi connectivity index (χ4n) is 1.42. The van der Waals surface area contributed by atoms with Crippen LogP contribution in [-0.2, 0) is 0 Å². The van der Waals surface area contributed by atoms with E-state index in [4.69, 9.17) is 9.52 Å². The molecule has 0 fully saturated rings. The second-order valence-corrected chi connectivity index (χ2v) is 3.70. The number of carboxylic acids is 1. The van der Waals surface area contributed by atoms with Gasteiger partial charge in [-0.1, -0.05) is 6.07 Å². The van der Waals surface area contributed by atoms with Crippen LogP contribution in [0.2, 0.25) is 0 Å². The molecule has 1 aromatic heterocycles. The smallest absolute Gasteiger partial charge is 0.335 e. The van der Waals surface area contributed by atoms with Gasteiger partial charge in [-0.15, -0.1) is 0 Å². The van der Waals surface area contributed by atoms with Gasteiger partial charge in [-0.25, -0.2) is 4.79 Å². The molecule has 0 aliphatic carbocycles. The van der Waals surface area contributed by atoms with Crippen LogP contribution in [0.4, 0.5) is 5.69 Å². The van der Waals surface area contributed by atoms with E-state index in [1.165, 1.54) is 18.3 Å². The van der Waals surface area contributed by atoms with Crippen molar-refractivity contribution in [1.82, 2.24) is 0 Å². The first-order chi connectivity index (χ1) is 8.65. The Kier molecular flexibility index (Phi) is 3.43. The van der Waals surface area contributed by atoms with Crippen molar-refractivity contribution in [2.24, 2.45) is 5.10 Å². The maximum Gasteiger partial charge on any atom is 0.335 e. The van der Waals surface area contributed by atoms with Gasteiger partial charge >= 0.3 is 5.97 Å². The zero-order chi connectivity index (χ0) is 13.0. The van der Waals surface area contributed by atoms with E-state index >= 15 is 0 Å². The van der Waals surface area contributed by atoms with Gasteiger partial charge in [0, 0.05) is 0 Å². The zero-order valence-corrected chi connectivity index (χ0v) is 9.75. The summed E-state index contributed by atoms with van der Waals surface area (Å²) in [5.41, 5.74) is 3.56. The van der Waals surface area contributed by atoms with Crippen LogP contribution in [0.3, 0.4) is 0 Å². The van der Waals surface area contributed by atoms with E-state index in [0.717, 1.165) is 5.76 Å². The lowest BCUT2D eigenvalue weighted by Crippen LogP contribution is -1.97. The van der Waals surface area contributed by atoms with E-state index in [2.05, 4.69) is 10.5 Å². The Balaban J connectivity index is 2.04. The average Bonchev–Trinajstić information content (AvgIpc) is 2.75. The van der Waals surface area contributed by atoms with E-state index in [1.807, 2.05) is 13.0 Å². The van der Waals surface area contributed by atoms with Crippen LogP contribution in [0.1, 0.15) is 21.9 Å². The molecule has 0 atom stereocenters. The average molecular weight is 244 g/mol. The monoisotopic (exact) mass is 244 g/mol. The Morgan fingerprint density at radius 2 is 2.22 bits per heavy atom. The lowest BCUT2D eigenvalue weighted by atomic mass is 10.2. The third-order valence-electron chi connectivity index (χ3n) is 2.26. The SMILES string of the molecule is Cc1ccc(/C=N\Nc2cccc(C(=O)O)c2)o1. The van der Waals surface area contributed by atoms with Crippen molar-refractivity contribution in [3.05, 3.63) is 53.5 Å². The normalized spacial score (nSPS) is 10.7. The summed E-state index contributed by atoms with van der Waals surface area (Å²) in [6.45, 7) is 1.85. The first kappa shape index (κ1) is 11.9. The first-order valence-electron chi connectivity index (χ1n) is 5.34. The highest BCUT2D eigenvalue weighted by atomic mass is 16.4. The lowest BCUT2D eigenvalue weighted by Gasteiger charge is -2.00. The van der Waals surface area contributed by atoms with Crippen LogP contribution < -0.4 is 5.43 Å². The molecule has 0 spiro atoms. The number of carboxylic acid groups (broad SMARTS) is 1. The largest absolute Gasteiger partial charge is 0.478 e. The standard InChI is InChI=1S/C13H12N2O3/c1-9-5-6-12(18-9)8-14-15-11-4-2-3-10(7-11)13(16)17/h2-8,15H,1H3,(H,16,17)/b14-8-. The van der Waals surface area contributed by atoms with E-state index in [-0.39, 0.29) is 5.56 Å². The maximum absolute atomic E-state index is 10.8. The van der Waals surface area contributed by atoms with Gasteiger partial charge in [-0.2, -0.15) is 5.10 Å². The molecule has 2 N–H and O–H groups in total. The third-order valence-corrected chi connectivity index (χ3v) is 2.26. The number of rotatable bonds is 4. The minimum Gasteiger partial charge on any atom is -0.478 e. The number of hydrazone groups is 1. The van der Waals surface area contributed by atoms with Gasteiger partial charge in [0.05, 0.1) is 17.5 Å². The fraction of sp³-hybridized carbons (Fsp3) is 0.0769. The molecule has 2 aromatic rings. The van der Waals surface area contributed by atoms with Crippen LogP contribution in [0.15, 0.2) is 45.9 Å². The predicted molar refractivity (Wildman–Crippen MR) is 68.1 cm³/mol. The summed E-state index contributed by atoms with van der Waals surface area (Å²) in [5.74, 6) is 0.475. The summed E-state index contributed by atoms with van der Waals surface area (Å²) in [4.78, 5) is 10.8. The van der Waals surface area contributed by atoms with Gasteiger partial charge in [0.25, 0.3) is 0 Å². The molecule has 18 heavy (non-hydrogen) atoms. The molecular formula is C13H12N2O3. The molecule has 1 heterocycles. The molecule has 0 radical (unpaired) electrons. The molecular weight excluding hydrogens is 232 g/mol. The Bertz CT molecular complexity index is 587. The highest BCUT2D eigenvalue weighted by Gasteiger charge is 2.02. The molecule has 2 rings (SSSR count). The Morgan fingerprint density at radius 3 is 2.89 bits per heavy atom. The first-order valence-corrected chi connectivity index (χ1v) is 5.34. The highest BCUT2D eigenvalue weighted by molar-refractivity contribution is 5.88. The number of anilines is 1. The molecule has 0 aliphatic heterocycles. The van der Waals surface area contributed by atoms with Crippen LogP contribution >= 0.6 is 0 Å². The van der Waals surface area contributed by atoms with Crippen molar-refractivity contribution in [2.45, 2.75) is 6.92 Å². The Morgan fingerprint density at radius 1 is 1.39 bits per heavy atom. The van der Waals surface area contributed by atoms with Gasteiger partial charge in [0.15, 0.2) is 0 Å². The van der Waals surface area contributed by atoms with E-state index in [1.54, 1.807) is 18.2 Å². The number of hydrogen-bond acceptors (Lipinski definition) is 4. The molecule has 0 aliphatic rings. The minimum atomic E-state index is -0.968. The number of nitrogens with zero attached hydrogens (tertiary/aromatic N) is 1. The van der Waals surface area contributed by atoms with Crippen molar-refractivity contribution in [3.63, 3.8) is 0 Å². The topological polar surface area (TPSA) is 74.8 Å². The molecule has 5 heteroatoms. The molecule has 0 unspecified atom stereocenters. The van der Waals surface area contributed by atoms with Gasteiger partial charge in [-0.3, -0.25) is 5.43 Å². The summed E-state index contributed by atoms with van der Waals surface area (Å²) >= 11 is 0. The van der Waals surface area contributed by atoms with Crippen molar-refractivity contribution in [2.75, 3.05) is 5.43 Å². The second-order valence-electron chi connectivity index (χ2n) is 3.70. The molecule has 0 saturated heterocycles. The van der Waals surface area contributed by atoms with E-state index in [9.17, 15) is 4.79 Å². The summed E-state index contributed by atoms with van der Waals surface area (Å²) in [6, 6.07) is 10.1. The Hall–Kier alpha value is -2.56. The maximum atomic E-state index is 10.8. The van der Waals surface area contributed by atoms with Crippen LogP contribution in [0.25, 0.3) is 0 Å².